The second kappa shape index (κ2) is 8.55. The van der Waals surface area contributed by atoms with E-state index in [-0.39, 0.29) is 17.9 Å². The van der Waals surface area contributed by atoms with E-state index in [0.717, 1.165) is 10.5 Å². The van der Waals surface area contributed by atoms with Crippen molar-refractivity contribution >= 4 is 29.3 Å². The predicted octanol–water partition coefficient (Wildman–Crippen LogP) is 3.73. The van der Waals surface area contributed by atoms with Gasteiger partial charge in [-0.15, -0.1) is 11.8 Å². The summed E-state index contributed by atoms with van der Waals surface area (Å²) in [6.45, 7) is 3.87. The standard InChI is InChI=1S/C19H22N2O2S/c1-13(2)20-18(22)12-14-4-8-16(9-5-14)21-19(23)15-6-10-17(24-3)11-7-15/h4-11,13H,12H2,1-3H3,(H,20,22)(H,21,23). The molecule has 2 aromatic rings. The van der Waals surface area contributed by atoms with E-state index in [9.17, 15) is 9.59 Å². The van der Waals surface area contributed by atoms with Gasteiger partial charge in [0, 0.05) is 22.2 Å². The zero-order valence-corrected chi connectivity index (χ0v) is 14.9. The van der Waals surface area contributed by atoms with Crippen LogP contribution in [0, 0.1) is 0 Å². The average Bonchev–Trinajstić information content (AvgIpc) is 2.56. The Morgan fingerprint density at radius 3 is 2.17 bits per heavy atom. The number of carbonyl (C=O) groups is 2. The summed E-state index contributed by atoms with van der Waals surface area (Å²) in [5.74, 6) is -0.149. The van der Waals surface area contributed by atoms with Crippen molar-refractivity contribution in [1.29, 1.82) is 0 Å². The van der Waals surface area contributed by atoms with Crippen molar-refractivity contribution in [3.8, 4) is 0 Å². The van der Waals surface area contributed by atoms with Gasteiger partial charge in [0.1, 0.15) is 0 Å². The van der Waals surface area contributed by atoms with Crippen LogP contribution in [0.5, 0.6) is 0 Å². The molecule has 4 nitrogen and oxygen atoms in total. The zero-order valence-electron chi connectivity index (χ0n) is 14.1. The van der Waals surface area contributed by atoms with Gasteiger partial charge in [0.05, 0.1) is 6.42 Å². The van der Waals surface area contributed by atoms with Crippen LogP contribution >= 0.6 is 11.8 Å². The monoisotopic (exact) mass is 342 g/mol. The molecule has 0 unspecified atom stereocenters. The molecule has 0 heterocycles. The molecular formula is C19H22N2O2S. The molecule has 2 amide bonds. The number of anilines is 1. The van der Waals surface area contributed by atoms with Crippen LogP contribution in [0.3, 0.4) is 0 Å². The fourth-order valence-electron chi connectivity index (χ4n) is 2.21. The SMILES string of the molecule is CSc1ccc(C(=O)Nc2ccc(CC(=O)NC(C)C)cc2)cc1. The minimum absolute atomic E-state index is 0.00401. The van der Waals surface area contributed by atoms with E-state index in [2.05, 4.69) is 10.6 Å². The van der Waals surface area contributed by atoms with Crippen LogP contribution in [0.15, 0.2) is 53.4 Å². The number of hydrogen-bond donors (Lipinski definition) is 2. The lowest BCUT2D eigenvalue weighted by Crippen LogP contribution is -2.31. The Labute approximate surface area is 147 Å². The number of thioether (sulfide) groups is 1. The van der Waals surface area contributed by atoms with Crippen LogP contribution in [0.1, 0.15) is 29.8 Å². The molecule has 0 aliphatic heterocycles. The van der Waals surface area contributed by atoms with Gasteiger partial charge < -0.3 is 10.6 Å². The average molecular weight is 342 g/mol. The molecule has 24 heavy (non-hydrogen) atoms. The first-order chi connectivity index (χ1) is 11.5. The molecule has 5 heteroatoms. The second-order valence-electron chi connectivity index (χ2n) is 5.78. The van der Waals surface area contributed by atoms with E-state index < -0.39 is 0 Å². The van der Waals surface area contributed by atoms with E-state index in [1.807, 2.05) is 68.6 Å². The largest absolute Gasteiger partial charge is 0.354 e. The summed E-state index contributed by atoms with van der Waals surface area (Å²) in [6.07, 6.45) is 2.33. The summed E-state index contributed by atoms with van der Waals surface area (Å²) in [5.41, 5.74) is 2.24. The normalized spacial score (nSPS) is 10.5. The Hall–Kier alpha value is -2.27. The van der Waals surface area contributed by atoms with Crippen LogP contribution in [0.2, 0.25) is 0 Å². The van der Waals surface area contributed by atoms with E-state index in [1.54, 1.807) is 11.8 Å². The van der Waals surface area contributed by atoms with Crippen molar-refractivity contribution in [2.75, 3.05) is 11.6 Å². The summed E-state index contributed by atoms with van der Waals surface area (Å²) in [7, 11) is 0. The first-order valence-electron chi connectivity index (χ1n) is 7.81. The lowest BCUT2D eigenvalue weighted by Gasteiger charge is -2.09. The van der Waals surface area contributed by atoms with Crippen molar-refractivity contribution < 1.29 is 9.59 Å². The second-order valence-corrected chi connectivity index (χ2v) is 6.66. The van der Waals surface area contributed by atoms with Gasteiger partial charge in [-0.2, -0.15) is 0 Å². The molecule has 0 fully saturated rings. The maximum atomic E-state index is 12.2. The zero-order chi connectivity index (χ0) is 17.5. The topological polar surface area (TPSA) is 58.2 Å². The number of nitrogens with one attached hydrogen (secondary N) is 2. The number of hydrogen-bond acceptors (Lipinski definition) is 3. The maximum absolute atomic E-state index is 12.2. The van der Waals surface area contributed by atoms with Crippen molar-refractivity contribution in [3.05, 3.63) is 59.7 Å². The van der Waals surface area contributed by atoms with E-state index in [4.69, 9.17) is 0 Å². The highest BCUT2D eigenvalue weighted by Crippen LogP contribution is 2.16. The molecule has 0 radical (unpaired) electrons. The van der Waals surface area contributed by atoms with Gasteiger partial charge in [0.2, 0.25) is 5.91 Å². The summed E-state index contributed by atoms with van der Waals surface area (Å²) >= 11 is 1.64. The van der Waals surface area contributed by atoms with E-state index >= 15 is 0 Å². The number of carbonyl (C=O) groups excluding carboxylic acids is 2. The molecule has 126 valence electrons. The summed E-state index contributed by atoms with van der Waals surface area (Å²) < 4.78 is 0. The molecule has 0 spiro atoms. The molecule has 2 rings (SSSR count). The quantitative estimate of drug-likeness (QED) is 0.787. The minimum atomic E-state index is -0.145. The van der Waals surface area contributed by atoms with Crippen LogP contribution in [-0.4, -0.2) is 24.1 Å². The Bertz CT molecular complexity index is 694. The van der Waals surface area contributed by atoms with Crippen molar-refractivity contribution in [2.24, 2.45) is 0 Å². The van der Waals surface area contributed by atoms with Gasteiger partial charge in [-0.05, 0) is 62.1 Å². The molecule has 2 N–H and O–H groups in total. The van der Waals surface area contributed by atoms with E-state index in [0.29, 0.717) is 17.7 Å². The number of amides is 2. The fourth-order valence-corrected chi connectivity index (χ4v) is 2.62. The Morgan fingerprint density at radius 1 is 1.00 bits per heavy atom. The molecule has 2 aromatic carbocycles. The smallest absolute Gasteiger partial charge is 0.255 e. The third-order valence-electron chi connectivity index (χ3n) is 3.38. The van der Waals surface area contributed by atoms with Gasteiger partial charge in [-0.3, -0.25) is 9.59 Å². The molecule has 0 saturated carbocycles. The Kier molecular flexibility index (Phi) is 6.44. The van der Waals surface area contributed by atoms with Crippen molar-refractivity contribution in [3.63, 3.8) is 0 Å². The van der Waals surface area contributed by atoms with Crippen LogP contribution in [-0.2, 0) is 11.2 Å². The lowest BCUT2D eigenvalue weighted by molar-refractivity contribution is -0.120. The molecule has 0 bridgehead atoms. The van der Waals surface area contributed by atoms with Crippen molar-refractivity contribution in [2.45, 2.75) is 31.2 Å². The first kappa shape index (κ1) is 18.1. The predicted molar refractivity (Wildman–Crippen MR) is 99.6 cm³/mol. The van der Waals surface area contributed by atoms with Gasteiger partial charge >= 0.3 is 0 Å². The van der Waals surface area contributed by atoms with Gasteiger partial charge in [0.15, 0.2) is 0 Å². The fraction of sp³-hybridized carbons (Fsp3) is 0.263. The molecule has 0 aromatic heterocycles. The first-order valence-corrected chi connectivity index (χ1v) is 9.04. The third kappa shape index (κ3) is 5.42. The van der Waals surface area contributed by atoms with Gasteiger partial charge in [-0.1, -0.05) is 12.1 Å². The minimum Gasteiger partial charge on any atom is -0.354 e. The highest BCUT2D eigenvalue weighted by atomic mass is 32.2. The third-order valence-corrected chi connectivity index (χ3v) is 4.12. The Morgan fingerprint density at radius 2 is 1.62 bits per heavy atom. The molecule has 0 aliphatic carbocycles. The van der Waals surface area contributed by atoms with Gasteiger partial charge in [0.25, 0.3) is 5.91 Å². The number of rotatable bonds is 6. The summed E-state index contributed by atoms with van der Waals surface area (Å²) in [4.78, 5) is 25.1. The molecule has 0 aliphatic rings. The van der Waals surface area contributed by atoms with Crippen LogP contribution in [0.4, 0.5) is 5.69 Å². The highest BCUT2D eigenvalue weighted by Gasteiger charge is 2.08. The molecule has 0 saturated heterocycles. The Balaban J connectivity index is 1.95. The van der Waals surface area contributed by atoms with Crippen LogP contribution < -0.4 is 10.6 Å². The highest BCUT2D eigenvalue weighted by molar-refractivity contribution is 7.98. The summed E-state index contributed by atoms with van der Waals surface area (Å²) in [6, 6.07) is 14.9. The van der Waals surface area contributed by atoms with E-state index in [1.165, 1.54) is 0 Å². The lowest BCUT2D eigenvalue weighted by atomic mass is 10.1. The van der Waals surface area contributed by atoms with Crippen molar-refractivity contribution in [1.82, 2.24) is 5.32 Å². The maximum Gasteiger partial charge on any atom is 0.255 e. The number of benzene rings is 2. The molecular weight excluding hydrogens is 320 g/mol. The van der Waals surface area contributed by atoms with Crippen LogP contribution in [0.25, 0.3) is 0 Å². The summed E-state index contributed by atoms with van der Waals surface area (Å²) in [5, 5.41) is 5.72. The molecule has 0 atom stereocenters. The van der Waals surface area contributed by atoms with Gasteiger partial charge in [-0.25, -0.2) is 0 Å².